The molecule has 0 aliphatic carbocycles. The van der Waals surface area contributed by atoms with Crippen molar-refractivity contribution in [2.75, 3.05) is 11.9 Å². The normalized spacial score (nSPS) is 11.4. The molecule has 150 valence electrons. The number of anilines is 2. The second-order valence-corrected chi connectivity index (χ2v) is 6.41. The van der Waals surface area contributed by atoms with Gasteiger partial charge in [-0.3, -0.25) is 20.2 Å². The topological polar surface area (TPSA) is 89.5 Å². The Morgan fingerprint density at radius 3 is 2.00 bits per heavy atom. The summed E-state index contributed by atoms with van der Waals surface area (Å²) in [5.74, 6) is -1.07. The van der Waals surface area contributed by atoms with Gasteiger partial charge in [0.25, 0.3) is 11.4 Å². The van der Waals surface area contributed by atoms with Gasteiger partial charge in [0.1, 0.15) is 11.5 Å². The van der Waals surface area contributed by atoms with Crippen molar-refractivity contribution in [2.45, 2.75) is 6.18 Å². The average Bonchev–Trinajstić information content (AvgIpc) is 2.57. The third-order valence-corrected chi connectivity index (χ3v) is 4.67. The minimum absolute atomic E-state index is 0.131. The van der Waals surface area contributed by atoms with Crippen LogP contribution in [0.3, 0.4) is 0 Å². The van der Waals surface area contributed by atoms with Crippen LogP contribution in [-0.4, -0.2) is 16.9 Å². The van der Waals surface area contributed by atoms with E-state index in [0.717, 1.165) is 7.05 Å². The second kappa shape index (κ2) is 7.57. The van der Waals surface area contributed by atoms with Crippen LogP contribution in [0.25, 0.3) is 0 Å². The highest BCUT2D eigenvalue weighted by molar-refractivity contribution is 6.46. The monoisotopic (exact) mass is 461 g/mol. The summed E-state index contributed by atoms with van der Waals surface area (Å²) in [6, 6.07) is 1.14. The zero-order chi connectivity index (χ0) is 21.5. The largest absolute Gasteiger partial charge is 0.418 e. The lowest BCUT2D eigenvalue weighted by molar-refractivity contribution is -0.394. The minimum atomic E-state index is -5.22. The van der Waals surface area contributed by atoms with Gasteiger partial charge >= 0.3 is 6.18 Å². The lowest BCUT2D eigenvalue weighted by atomic mass is 10.1. The first kappa shape index (κ1) is 21.9. The van der Waals surface area contributed by atoms with Crippen molar-refractivity contribution in [1.82, 2.24) is 0 Å². The average molecular weight is 463 g/mol. The number of nitro benzene ring substituents is 2. The van der Waals surface area contributed by atoms with Crippen molar-refractivity contribution in [3.05, 3.63) is 64.9 Å². The van der Waals surface area contributed by atoms with Gasteiger partial charge < -0.3 is 4.90 Å². The van der Waals surface area contributed by atoms with Crippen LogP contribution in [0.1, 0.15) is 5.56 Å². The summed E-state index contributed by atoms with van der Waals surface area (Å²) < 4.78 is 54.2. The number of halogens is 7. The predicted octanol–water partition coefficient (Wildman–Crippen LogP) is 6.39. The molecule has 28 heavy (non-hydrogen) atoms. The van der Waals surface area contributed by atoms with Crippen molar-refractivity contribution < 1.29 is 27.4 Å². The third-order valence-electron chi connectivity index (χ3n) is 3.55. The lowest BCUT2D eigenvalue weighted by Crippen LogP contribution is -2.19. The van der Waals surface area contributed by atoms with Crippen LogP contribution in [0.4, 0.5) is 40.3 Å². The van der Waals surface area contributed by atoms with Gasteiger partial charge in [0, 0.05) is 13.1 Å². The Labute approximate surface area is 168 Å². The van der Waals surface area contributed by atoms with E-state index >= 15 is 0 Å². The fourth-order valence-electron chi connectivity index (χ4n) is 2.39. The summed E-state index contributed by atoms with van der Waals surface area (Å²) in [5, 5.41) is 20.5. The molecular weight excluding hydrogens is 457 g/mol. The maximum atomic E-state index is 13.6. The van der Waals surface area contributed by atoms with Gasteiger partial charge in [0.05, 0.1) is 42.2 Å². The maximum Gasteiger partial charge on any atom is 0.418 e. The Hall–Kier alpha value is -2.37. The van der Waals surface area contributed by atoms with Crippen LogP contribution < -0.4 is 4.90 Å². The Bertz CT molecular complexity index is 1000. The highest BCUT2D eigenvalue weighted by Gasteiger charge is 2.41. The van der Waals surface area contributed by atoms with E-state index in [1.807, 2.05) is 0 Å². The van der Waals surface area contributed by atoms with Crippen LogP contribution in [0, 0.1) is 26.0 Å². The summed E-state index contributed by atoms with van der Waals surface area (Å²) >= 11 is 17.4. The zero-order valence-electron chi connectivity index (χ0n) is 13.4. The van der Waals surface area contributed by atoms with E-state index in [-0.39, 0.29) is 6.07 Å². The van der Waals surface area contributed by atoms with E-state index in [2.05, 4.69) is 0 Å². The van der Waals surface area contributed by atoms with Gasteiger partial charge in [-0.2, -0.15) is 13.2 Å². The van der Waals surface area contributed by atoms with Crippen molar-refractivity contribution in [3.8, 4) is 0 Å². The second-order valence-electron chi connectivity index (χ2n) is 5.25. The van der Waals surface area contributed by atoms with Crippen molar-refractivity contribution >= 4 is 57.6 Å². The van der Waals surface area contributed by atoms with Gasteiger partial charge in [0.2, 0.25) is 0 Å². The van der Waals surface area contributed by atoms with Crippen LogP contribution in [0.2, 0.25) is 15.1 Å². The van der Waals surface area contributed by atoms with E-state index in [9.17, 15) is 37.8 Å². The highest BCUT2D eigenvalue weighted by atomic mass is 35.5. The number of hydrogen-bond acceptors (Lipinski definition) is 5. The Balaban J connectivity index is 2.93. The molecule has 0 aliphatic rings. The molecule has 7 nitrogen and oxygen atoms in total. The number of hydrogen-bond donors (Lipinski definition) is 0. The van der Waals surface area contributed by atoms with Gasteiger partial charge in [0.15, 0.2) is 0 Å². The highest BCUT2D eigenvalue weighted by Crippen LogP contribution is 2.49. The quantitative estimate of drug-likeness (QED) is 0.173. The summed E-state index contributed by atoms with van der Waals surface area (Å²) in [6.45, 7) is 0. The molecule has 14 heteroatoms. The standard InChI is InChI=1S/C14H6Cl3F4N3O4/c1-22(13-7(15)4-8(18)10(16)11(13)17)12-6(14(19,20)21)2-5(23(25)26)3-9(12)24(27)28/h2-4H,1H3. The molecule has 2 aromatic carbocycles. The van der Waals surface area contributed by atoms with E-state index in [0.29, 0.717) is 17.0 Å². The first-order chi connectivity index (χ1) is 12.8. The molecule has 0 saturated carbocycles. The maximum absolute atomic E-state index is 13.6. The summed E-state index contributed by atoms with van der Waals surface area (Å²) in [4.78, 5) is 20.4. The zero-order valence-corrected chi connectivity index (χ0v) is 15.6. The summed E-state index contributed by atoms with van der Waals surface area (Å²) in [7, 11) is 0.935. The van der Waals surface area contributed by atoms with E-state index in [4.69, 9.17) is 34.8 Å². The Kier molecular flexibility index (Phi) is 5.93. The Morgan fingerprint density at radius 2 is 1.54 bits per heavy atom. The van der Waals surface area contributed by atoms with Gasteiger partial charge in [-0.1, -0.05) is 34.8 Å². The number of benzene rings is 2. The summed E-state index contributed by atoms with van der Waals surface area (Å²) in [6.07, 6.45) is -5.22. The van der Waals surface area contributed by atoms with Crippen LogP contribution >= 0.6 is 34.8 Å². The van der Waals surface area contributed by atoms with Crippen molar-refractivity contribution in [2.24, 2.45) is 0 Å². The molecule has 0 atom stereocenters. The van der Waals surface area contributed by atoms with E-state index in [1.54, 1.807) is 0 Å². The van der Waals surface area contributed by atoms with Gasteiger partial charge in [-0.15, -0.1) is 0 Å². The molecule has 0 bridgehead atoms. The smallest absolute Gasteiger partial charge is 0.336 e. The van der Waals surface area contributed by atoms with Crippen LogP contribution in [0.15, 0.2) is 18.2 Å². The molecule has 2 aromatic rings. The number of non-ortho nitro benzene ring substituents is 1. The molecule has 0 heterocycles. The van der Waals surface area contributed by atoms with Gasteiger partial charge in [-0.05, 0) is 6.07 Å². The molecule has 0 aromatic heterocycles. The number of alkyl halides is 3. The first-order valence-corrected chi connectivity index (χ1v) is 8.01. The van der Waals surface area contributed by atoms with E-state index in [1.165, 1.54) is 0 Å². The Morgan fingerprint density at radius 1 is 0.964 bits per heavy atom. The molecule has 0 amide bonds. The fraction of sp³-hybridized carbons (Fsp3) is 0.143. The fourth-order valence-corrected chi connectivity index (χ4v) is 3.22. The molecule has 0 unspecified atom stereocenters. The number of rotatable bonds is 4. The number of nitro groups is 2. The molecular formula is C14H6Cl3F4N3O4. The van der Waals surface area contributed by atoms with Crippen LogP contribution in [0.5, 0.6) is 0 Å². The molecule has 0 aliphatic heterocycles. The predicted molar refractivity (Wildman–Crippen MR) is 94.2 cm³/mol. The number of nitrogens with zero attached hydrogens (tertiary/aromatic N) is 3. The summed E-state index contributed by atoms with van der Waals surface area (Å²) in [5.41, 5.74) is -5.63. The minimum Gasteiger partial charge on any atom is -0.336 e. The molecule has 0 spiro atoms. The van der Waals surface area contributed by atoms with E-state index < -0.39 is 65.2 Å². The molecule has 0 N–H and O–H groups in total. The molecule has 0 saturated heterocycles. The lowest BCUT2D eigenvalue weighted by Gasteiger charge is -2.25. The van der Waals surface area contributed by atoms with Crippen molar-refractivity contribution in [1.29, 1.82) is 0 Å². The van der Waals surface area contributed by atoms with Gasteiger partial charge in [-0.25, -0.2) is 4.39 Å². The molecule has 0 radical (unpaired) electrons. The first-order valence-electron chi connectivity index (χ1n) is 6.88. The molecule has 2 rings (SSSR count). The van der Waals surface area contributed by atoms with Crippen molar-refractivity contribution in [3.63, 3.8) is 0 Å². The molecule has 0 fully saturated rings. The third kappa shape index (κ3) is 3.91. The SMILES string of the molecule is CN(c1c([N+](=O)[O-])cc([N+](=O)[O-])cc1C(F)(F)F)c1c(Cl)cc(F)c(Cl)c1Cl. The van der Waals surface area contributed by atoms with Crippen LogP contribution in [-0.2, 0) is 6.18 Å².